The topological polar surface area (TPSA) is 64.3 Å². The van der Waals surface area contributed by atoms with Crippen molar-refractivity contribution in [3.8, 4) is 0 Å². The molecule has 0 saturated heterocycles. The number of halogens is 1. The van der Waals surface area contributed by atoms with Crippen LogP contribution in [0.2, 0.25) is 0 Å². The van der Waals surface area contributed by atoms with Gasteiger partial charge in [-0.3, -0.25) is 0 Å². The summed E-state index contributed by atoms with van der Waals surface area (Å²) in [5.41, 5.74) is 8.44. The smallest absolute Gasteiger partial charge is 0.340 e. The second kappa shape index (κ2) is 6.26. The maximum atomic E-state index is 13.4. The zero-order valence-electron chi connectivity index (χ0n) is 11.9. The molecule has 0 fully saturated rings. The van der Waals surface area contributed by atoms with Gasteiger partial charge in [-0.05, 0) is 49.7 Å². The Morgan fingerprint density at radius 2 is 2.10 bits per heavy atom. The summed E-state index contributed by atoms with van der Waals surface area (Å²) in [4.78, 5) is 11.8. The van der Waals surface area contributed by atoms with Crippen molar-refractivity contribution in [1.82, 2.24) is 0 Å². The van der Waals surface area contributed by atoms with Crippen LogP contribution in [0, 0.1) is 12.7 Å². The molecule has 0 atom stereocenters. The molecule has 0 heterocycles. The molecule has 0 saturated carbocycles. The van der Waals surface area contributed by atoms with Crippen LogP contribution < -0.4 is 11.1 Å². The summed E-state index contributed by atoms with van der Waals surface area (Å²) in [6.07, 6.45) is 0. The van der Waals surface area contributed by atoms with E-state index in [4.69, 9.17) is 10.5 Å². The van der Waals surface area contributed by atoms with Gasteiger partial charge in [0, 0.05) is 5.69 Å². The van der Waals surface area contributed by atoms with Crippen molar-refractivity contribution >= 4 is 23.0 Å². The highest BCUT2D eigenvalue weighted by Crippen LogP contribution is 2.27. The highest BCUT2D eigenvalue weighted by atomic mass is 19.1. The first kappa shape index (κ1) is 14.8. The van der Waals surface area contributed by atoms with Gasteiger partial charge in [0.15, 0.2) is 0 Å². The molecule has 0 aliphatic carbocycles. The summed E-state index contributed by atoms with van der Waals surface area (Å²) >= 11 is 0. The van der Waals surface area contributed by atoms with Crippen LogP contribution in [0.4, 0.5) is 21.5 Å². The Balaban J connectivity index is 2.32. The minimum absolute atomic E-state index is 0.276. The van der Waals surface area contributed by atoms with Gasteiger partial charge in [0.2, 0.25) is 0 Å². The molecule has 0 aliphatic heterocycles. The molecular weight excluding hydrogens is 271 g/mol. The number of nitrogens with two attached hydrogens (primary N) is 1. The quantitative estimate of drug-likeness (QED) is 0.666. The molecule has 5 heteroatoms. The third kappa shape index (κ3) is 3.51. The van der Waals surface area contributed by atoms with E-state index in [-0.39, 0.29) is 23.7 Å². The molecule has 2 aromatic carbocycles. The fraction of sp³-hybridized carbons (Fsp3) is 0.188. The van der Waals surface area contributed by atoms with E-state index in [1.165, 1.54) is 12.1 Å². The zero-order valence-corrected chi connectivity index (χ0v) is 11.9. The van der Waals surface area contributed by atoms with E-state index in [9.17, 15) is 9.18 Å². The van der Waals surface area contributed by atoms with Gasteiger partial charge in [-0.15, -0.1) is 0 Å². The van der Waals surface area contributed by atoms with E-state index < -0.39 is 5.97 Å². The third-order valence-corrected chi connectivity index (χ3v) is 2.92. The van der Waals surface area contributed by atoms with Crippen LogP contribution in [0.15, 0.2) is 36.4 Å². The van der Waals surface area contributed by atoms with Crippen molar-refractivity contribution in [2.45, 2.75) is 13.8 Å². The van der Waals surface area contributed by atoms with Crippen LogP contribution in [0.5, 0.6) is 0 Å². The number of carbonyl (C=O) groups is 1. The standard InChI is InChI=1S/C16H17FN2O2/c1-3-21-16(20)13-5-4-6-14(15(13)18)19-12-8-10(2)7-11(17)9-12/h4-9,19H,3,18H2,1-2H3. The average molecular weight is 288 g/mol. The molecule has 0 aliphatic rings. The van der Waals surface area contributed by atoms with Crippen molar-refractivity contribution in [1.29, 1.82) is 0 Å². The van der Waals surface area contributed by atoms with Crippen LogP contribution in [0.3, 0.4) is 0 Å². The van der Waals surface area contributed by atoms with E-state index in [2.05, 4.69) is 5.32 Å². The Bertz CT molecular complexity index is 651. The van der Waals surface area contributed by atoms with Crippen LogP contribution >= 0.6 is 0 Å². The maximum absolute atomic E-state index is 13.4. The van der Waals surface area contributed by atoms with E-state index >= 15 is 0 Å². The van der Waals surface area contributed by atoms with E-state index in [1.807, 2.05) is 0 Å². The van der Waals surface area contributed by atoms with Crippen LogP contribution in [-0.2, 0) is 4.74 Å². The zero-order chi connectivity index (χ0) is 15.4. The first-order chi connectivity index (χ1) is 10.0. The van der Waals surface area contributed by atoms with Crippen molar-refractivity contribution in [2.75, 3.05) is 17.7 Å². The van der Waals surface area contributed by atoms with Gasteiger partial charge in [-0.2, -0.15) is 0 Å². The molecule has 0 aromatic heterocycles. The Morgan fingerprint density at radius 1 is 1.33 bits per heavy atom. The number of anilines is 3. The van der Waals surface area contributed by atoms with Gasteiger partial charge in [0.25, 0.3) is 0 Å². The number of ether oxygens (including phenoxy) is 1. The number of para-hydroxylation sites is 1. The second-order valence-electron chi connectivity index (χ2n) is 4.63. The summed E-state index contributed by atoms with van der Waals surface area (Å²) in [7, 11) is 0. The molecular formula is C16H17FN2O2. The van der Waals surface area contributed by atoms with E-state index in [1.54, 1.807) is 38.1 Å². The number of rotatable bonds is 4. The highest BCUT2D eigenvalue weighted by molar-refractivity contribution is 5.98. The van der Waals surface area contributed by atoms with Gasteiger partial charge in [0.1, 0.15) is 5.82 Å². The minimum Gasteiger partial charge on any atom is -0.462 e. The number of hydrogen-bond acceptors (Lipinski definition) is 4. The largest absolute Gasteiger partial charge is 0.462 e. The number of aryl methyl sites for hydroxylation is 1. The molecule has 0 bridgehead atoms. The molecule has 110 valence electrons. The molecule has 0 radical (unpaired) electrons. The molecule has 21 heavy (non-hydrogen) atoms. The van der Waals surface area contributed by atoms with Gasteiger partial charge in [0.05, 0.1) is 23.5 Å². The molecule has 0 unspecified atom stereocenters. The number of nitrogen functional groups attached to an aromatic ring is 1. The van der Waals surface area contributed by atoms with Gasteiger partial charge < -0.3 is 15.8 Å². The molecule has 0 amide bonds. The summed E-state index contributed by atoms with van der Waals surface area (Å²) in [5.74, 6) is -0.813. The minimum atomic E-state index is -0.478. The predicted octanol–water partition coefficient (Wildman–Crippen LogP) is 3.64. The fourth-order valence-electron chi connectivity index (χ4n) is 2.03. The van der Waals surface area contributed by atoms with Crippen LogP contribution in [0.1, 0.15) is 22.8 Å². The van der Waals surface area contributed by atoms with Crippen molar-refractivity contribution in [2.24, 2.45) is 0 Å². The van der Waals surface area contributed by atoms with Gasteiger partial charge >= 0.3 is 5.97 Å². The number of carbonyl (C=O) groups excluding carboxylic acids is 1. The maximum Gasteiger partial charge on any atom is 0.340 e. The lowest BCUT2D eigenvalue weighted by Crippen LogP contribution is -2.09. The van der Waals surface area contributed by atoms with Crippen molar-refractivity contribution < 1.29 is 13.9 Å². The lowest BCUT2D eigenvalue weighted by molar-refractivity contribution is 0.0527. The molecule has 2 rings (SSSR count). The first-order valence-corrected chi connectivity index (χ1v) is 6.61. The van der Waals surface area contributed by atoms with Gasteiger partial charge in [-0.25, -0.2) is 9.18 Å². The van der Waals surface area contributed by atoms with Crippen molar-refractivity contribution in [3.05, 3.63) is 53.3 Å². The Labute approximate surface area is 122 Å². The number of benzene rings is 2. The Morgan fingerprint density at radius 3 is 2.76 bits per heavy atom. The number of nitrogens with one attached hydrogen (secondary N) is 1. The molecule has 2 aromatic rings. The molecule has 0 spiro atoms. The van der Waals surface area contributed by atoms with Crippen LogP contribution in [-0.4, -0.2) is 12.6 Å². The second-order valence-corrected chi connectivity index (χ2v) is 4.63. The monoisotopic (exact) mass is 288 g/mol. The van der Waals surface area contributed by atoms with Crippen LogP contribution in [0.25, 0.3) is 0 Å². The normalized spacial score (nSPS) is 10.2. The summed E-state index contributed by atoms with van der Waals surface area (Å²) in [5, 5.41) is 3.02. The SMILES string of the molecule is CCOC(=O)c1cccc(Nc2cc(C)cc(F)c2)c1N. The fourth-order valence-corrected chi connectivity index (χ4v) is 2.03. The molecule has 3 N–H and O–H groups in total. The lowest BCUT2D eigenvalue weighted by Gasteiger charge is -2.13. The van der Waals surface area contributed by atoms with Gasteiger partial charge in [-0.1, -0.05) is 6.07 Å². The number of esters is 1. The third-order valence-electron chi connectivity index (χ3n) is 2.92. The lowest BCUT2D eigenvalue weighted by atomic mass is 10.1. The Kier molecular flexibility index (Phi) is 4.42. The first-order valence-electron chi connectivity index (χ1n) is 6.61. The summed E-state index contributed by atoms with van der Waals surface area (Å²) < 4.78 is 18.3. The predicted molar refractivity (Wildman–Crippen MR) is 81.2 cm³/mol. The summed E-state index contributed by atoms with van der Waals surface area (Å²) in [6, 6.07) is 9.59. The summed E-state index contributed by atoms with van der Waals surface area (Å²) in [6.45, 7) is 3.80. The average Bonchev–Trinajstić information content (AvgIpc) is 2.40. The Hall–Kier alpha value is -2.56. The van der Waals surface area contributed by atoms with E-state index in [0.717, 1.165) is 5.56 Å². The highest BCUT2D eigenvalue weighted by Gasteiger charge is 2.13. The van der Waals surface area contributed by atoms with Crippen molar-refractivity contribution in [3.63, 3.8) is 0 Å². The molecule has 4 nitrogen and oxygen atoms in total. The van der Waals surface area contributed by atoms with E-state index in [0.29, 0.717) is 11.4 Å². The number of hydrogen-bond donors (Lipinski definition) is 2.